The molecule has 3 heterocycles. The van der Waals surface area contributed by atoms with Gasteiger partial charge in [0.15, 0.2) is 0 Å². The Labute approximate surface area is 208 Å². The fourth-order valence-electron chi connectivity index (χ4n) is 6.53. The Kier molecular flexibility index (Phi) is 5.92. The van der Waals surface area contributed by atoms with Crippen LogP contribution >= 0.6 is 11.8 Å². The highest BCUT2D eigenvalue weighted by Gasteiger charge is 2.76. The van der Waals surface area contributed by atoms with E-state index < -0.39 is 34.6 Å². The van der Waals surface area contributed by atoms with Crippen LogP contribution in [0.25, 0.3) is 10.8 Å². The van der Waals surface area contributed by atoms with Crippen molar-refractivity contribution in [2.24, 2.45) is 17.8 Å². The molecule has 2 aromatic carbocycles. The number of rotatable bonds is 7. The summed E-state index contributed by atoms with van der Waals surface area (Å²) in [6.45, 7) is 7.51. The highest BCUT2D eigenvalue weighted by molar-refractivity contribution is 8.02. The predicted octanol–water partition coefficient (Wildman–Crippen LogP) is 3.16. The smallest absolute Gasteiger partial charge is 0.308 e. The minimum atomic E-state index is -0.989. The van der Waals surface area contributed by atoms with Crippen molar-refractivity contribution >= 4 is 46.0 Å². The van der Waals surface area contributed by atoms with Gasteiger partial charge in [-0.15, -0.1) is 18.3 Å². The van der Waals surface area contributed by atoms with Crippen molar-refractivity contribution in [3.05, 3.63) is 55.1 Å². The summed E-state index contributed by atoms with van der Waals surface area (Å²) in [6.07, 6.45) is 2.30. The summed E-state index contributed by atoms with van der Waals surface area (Å²) < 4.78 is -0.846. The number of aliphatic carboxylic acids is 1. The first kappa shape index (κ1) is 23.9. The average molecular weight is 495 g/mol. The predicted molar refractivity (Wildman–Crippen MR) is 136 cm³/mol. The molecule has 3 saturated heterocycles. The van der Waals surface area contributed by atoms with Gasteiger partial charge in [0.1, 0.15) is 6.04 Å². The average Bonchev–Trinajstić information content (AvgIpc) is 3.45. The second kappa shape index (κ2) is 8.68. The minimum Gasteiger partial charge on any atom is -0.481 e. The van der Waals surface area contributed by atoms with Crippen LogP contribution in [0.5, 0.6) is 0 Å². The molecular formula is C27H30N2O5S. The molecule has 35 heavy (non-hydrogen) atoms. The van der Waals surface area contributed by atoms with E-state index in [2.05, 4.69) is 6.58 Å². The molecule has 1 spiro atoms. The van der Waals surface area contributed by atoms with Crippen molar-refractivity contribution in [2.75, 3.05) is 18.1 Å². The van der Waals surface area contributed by atoms with E-state index in [1.54, 1.807) is 17.9 Å². The highest BCUT2D eigenvalue weighted by Crippen LogP contribution is 2.68. The van der Waals surface area contributed by atoms with E-state index in [9.17, 15) is 24.6 Å². The van der Waals surface area contributed by atoms with E-state index in [1.807, 2.05) is 49.4 Å². The molecule has 2 bridgehead atoms. The molecule has 2 amide bonds. The van der Waals surface area contributed by atoms with E-state index in [0.29, 0.717) is 12.1 Å². The molecule has 2 N–H and O–H groups in total. The molecule has 8 heteroatoms. The zero-order chi connectivity index (χ0) is 25.1. The summed E-state index contributed by atoms with van der Waals surface area (Å²) in [7, 11) is 0. The lowest BCUT2D eigenvalue weighted by Crippen LogP contribution is -2.59. The lowest BCUT2D eigenvalue weighted by atomic mass is 9.66. The number of hydrogen-bond donors (Lipinski definition) is 2. The molecule has 5 rings (SSSR count). The fourth-order valence-corrected chi connectivity index (χ4v) is 8.92. The molecule has 3 aliphatic rings. The normalized spacial score (nSPS) is 32.0. The van der Waals surface area contributed by atoms with Gasteiger partial charge >= 0.3 is 5.97 Å². The Morgan fingerprint density at radius 2 is 2.00 bits per heavy atom. The number of aliphatic hydroxyl groups is 1. The number of carbonyl (C=O) groups is 3. The largest absolute Gasteiger partial charge is 0.481 e. The number of aliphatic hydroxyl groups excluding tert-OH is 1. The lowest BCUT2D eigenvalue weighted by molar-refractivity contribution is -0.149. The van der Waals surface area contributed by atoms with E-state index in [0.717, 1.165) is 10.8 Å². The molecule has 3 unspecified atom stereocenters. The number of thioether (sulfide) groups is 1. The van der Waals surface area contributed by atoms with Crippen LogP contribution in [0.1, 0.15) is 20.3 Å². The number of fused-ring (bicyclic) bond motifs is 2. The van der Waals surface area contributed by atoms with Gasteiger partial charge in [-0.1, -0.05) is 43.3 Å². The first-order valence-corrected chi connectivity index (χ1v) is 12.9. The van der Waals surface area contributed by atoms with Crippen LogP contribution in [0.3, 0.4) is 0 Å². The van der Waals surface area contributed by atoms with Crippen molar-refractivity contribution in [3.8, 4) is 0 Å². The molecule has 3 aliphatic heterocycles. The number of carbonyl (C=O) groups excluding carboxylic acids is 2. The molecule has 0 saturated carbocycles. The van der Waals surface area contributed by atoms with Gasteiger partial charge in [-0.25, -0.2) is 0 Å². The molecule has 7 atom stereocenters. The third-order valence-corrected chi connectivity index (χ3v) is 10.1. The van der Waals surface area contributed by atoms with Crippen molar-refractivity contribution in [1.29, 1.82) is 0 Å². The molecule has 184 valence electrons. The maximum Gasteiger partial charge on any atom is 0.308 e. The molecule has 0 aromatic heterocycles. The summed E-state index contributed by atoms with van der Waals surface area (Å²) >= 11 is 1.50. The summed E-state index contributed by atoms with van der Waals surface area (Å²) in [6, 6.07) is 12.2. The topological polar surface area (TPSA) is 98.2 Å². The van der Waals surface area contributed by atoms with Gasteiger partial charge in [0, 0.05) is 17.5 Å². The maximum atomic E-state index is 14.4. The van der Waals surface area contributed by atoms with Gasteiger partial charge in [-0.05, 0) is 42.2 Å². The summed E-state index contributed by atoms with van der Waals surface area (Å²) in [5.41, 5.74) is 0.692. The van der Waals surface area contributed by atoms with Crippen LogP contribution in [-0.2, 0) is 14.4 Å². The third-order valence-electron chi connectivity index (χ3n) is 8.06. The van der Waals surface area contributed by atoms with Crippen molar-refractivity contribution in [1.82, 2.24) is 4.90 Å². The van der Waals surface area contributed by atoms with Gasteiger partial charge in [-0.2, -0.15) is 0 Å². The molecule has 0 aliphatic carbocycles. The van der Waals surface area contributed by atoms with Gasteiger partial charge < -0.3 is 20.0 Å². The van der Waals surface area contributed by atoms with Crippen LogP contribution in [0, 0.1) is 17.8 Å². The van der Waals surface area contributed by atoms with Crippen LogP contribution in [0.2, 0.25) is 0 Å². The molecule has 0 radical (unpaired) electrons. The number of anilines is 1. The van der Waals surface area contributed by atoms with Gasteiger partial charge in [0.2, 0.25) is 5.91 Å². The van der Waals surface area contributed by atoms with Gasteiger partial charge in [-0.3, -0.25) is 14.4 Å². The molecule has 7 nitrogen and oxygen atoms in total. The second-order valence-electron chi connectivity index (χ2n) is 9.94. The van der Waals surface area contributed by atoms with Crippen LogP contribution in [0.15, 0.2) is 55.1 Å². The zero-order valence-electron chi connectivity index (χ0n) is 19.8. The van der Waals surface area contributed by atoms with Crippen LogP contribution in [-0.4, -0.2) is 68.1 Å². The zero-order valence-corrected chi connectivity index (χ0v) is 20.6. The number of amides is 2. The Balaban J connectivity index is 1.63. The van der Waals surface area contributed by atoms with Crippen molar-refractivity contribution < 1.29 is 24.6 Å². The van der Waals surface area contributed by atoms with Crippen molar-refractivity contribution in [3.63, 3.8) is 0 Å². The molecular weight excluding hydrogens is 464 g/mol. The standard InChI is InChI=1S/C27H30N2O5S/c1-4-11-28(19-10-9-17-7-5-6-8-18(17)13-19)25(32)23-27-15(2)12-20(35-27)21(26(33)34)22(27)24(31)29(23)16(3)14-30/h4-10,13,15-16,20-23,30H,1,11-12,14H2,2-3H3,(H,33,34)/t15?,16-,20+,21-,22+,23?,27?/m1/s1. The monoisotopic (exact) mass is 494 g/mol. The van der Waals surface area contributed by atoms with E-state index in [1.165, 1.54) is 16.7 Å². The minimum absolute atomic E-state index is 0.0194. The van der Waals surface area contributed by atoms with E-state index in [-0.39, 0.29) is 36.1 Å². The molecule has 2 aromatic rings. The number of carboxylic acids is 1. The van der Waals surface area contributed by atoms with Gasteiger partial charge in [0.05, 0.1) is 29.2 Å². The molecule has 3 fully saturated rings. The fraction of sp³-hybridized carbons (Fsp3) is 0.444. The first-order valence-electron chi connectivity index (χ1n) is 12.0. The Bertz CT molecular complexity index is 1220. The lowest BCUT2D eigenvalue weighted by Gasteiger charge is -2.41. The summed E-state index contributed by atoms with van der Waals surface area (Å²) in [4.78, 5) is 43.6. The number of hydrogen-bond acceptors (Lipinski definition) is 5. The summed E-state index contributed by atoms with van der Waals surface area (Å²) in [5, 5.41) is 21.9. The quantitative estimate of drug-likeness (QED) is 0.574. The number of benzene rings is 2. The number of likely N-dealkylation sites (tertiary alicyclic amines) is 1. The number of nitrogens with zero attached hydrogens (tertiary/aromatic N) is 2. The third kappa shape index (κ3) is 3.33. The Morgan fingerprint density at radius 3 is 2.66 bits per heavy atom. The summed E-state index contributed by atoms with van der Waals surface area (Å²) in [5.74, 6) is -3.23. The van der Waals surface area contributed by atoms with Gasteiger partial charge in [0.25, 0.3) is 5.91 Å². The maximum absolute atomic E-state index is 14.4. The SMILES string of the molecule is C=CCN(C(=O)C1N([C@H](C)CO)C(=O)[C@@H]2[C@H](C(=O)O)[C@@H]3CC(C)C12S3)c1ccc2ccccc2c1. The second-order valence-corrected chi connectivity index (χ2v) is 11.5. The van der Waals surface area contributed by atoms with Crippen LogP contribution < -0.4 is 4.90 Å². The van der Waals surface area contributed by atoms with Crippen LogP contribution in [0.4, 0.5) is 5.69 Å². The Hall–Kier alpha value is -2.84. The first-order chi connectivity index (χ1) is 16.8. The van der Waals surface area contributed by atoms with Crippen molar-refractivity contribution in [2.45, 2.75) is 42.3 Å². The Morgan fingerprint density at radius 1 is 1.29 bits per heavy atom. The van der Waals surface area contributed by atoms with E-state index >= 15 is 0 Å². The number of carboxylic acid groups (broad SMARTS) is 1. The highest BCUT2D eigenvalue weighted by atomic mass is 32.2. The van der Waals surface area contributed by atoms with E-state index in [4.69, 9.17) is 0 Å².